The van der Waals surface area contributed by atoms with Crippen molar-refractivity contribution >= 4 is 33.8 Å². The van der Waals surface area contributed by atoms with E-state index in [0.717, 1.165) is 0 Å². The van der Waals surface area contributed by atoms with Gasteiger partial charge in [-0.1, -0.05) is 0 Å². The molecule has 0 aliphatic rings. The van der Waals surface area contributed by atoms with Gasteiger partial charge in [-0.2, -0.15) is 0 Å². The van der Waals surface area contributed by atoms with E-state index >= 15 is 0 Å². The summed E-state index contributed by atoms with van der Waals surface area (Å²) in [4.78, 5) is 36.7. The lowest BCUT2D eigenvalue weighted by Crippen LogP contribution is -2.42. The third kappa shape index (κ3) is 4.13. The van der Waals surface area contributed by atoms with Gasteiger partial charge in [0.2, 0.25) is 0 Å². The normalized spacial score (nSPS) is 11.6. The van der Waals surface area contributed by atoms with Crippen molar-refractivity contribution in [1.29, 1.82) is 0 Å². The third-order valence-corrected chi connectivity index (χ3v) is 2.40. The Hall–Kier alpha value is -1.96. The van der Waals surface area contributed by atoms with Gasteiger partial charge >= 0.3 is 11.9 Å². The number of nitrogens with one attached hydrogen (secondary N) is 1. The quantitative estimate of drug-likeness (QED) is 0.681. The lowest BCUT2D eigenvalue weighted by Gasteiger charge is -2.12. The Morgan fingerprint density at radius 3 is 2.56 bits per heavy atom. The molecule has 96 valence electrons. The van der Waals surface area contributed by atoms with Crippen molar-refractivity contribution in [3.8, 4) is 0 Å². The summed E-state index contributed by atoms with van der Waals surface area (Å²) in [6.45, 7) is 0. The van der Waals surface area contributed by atoms with Gasteiger partial charge < -0.3 is 15.5 Å². The van der Waals surface area contributed by atoms with Gasteiger partial charge in [-0.15, -0.1) is 0 Å². The van der Waals surface area contributed by atoms with Crippen LogP contribution in [0.3, 0.4) is 0 Å². The number of hydrogen-bond acceptors (Lipinski definition) is 4. The molecule has 0 aliphatic heterocycles. The number of pyridine rings is 1. The Labute approximate surface area is 110 Å². The molecule has 1 aromatic rings. The number of aliphatic carboxylic acids is 2. The third-order valence-electron chi connectivity index (χ3n) is 1.97. The van der Waals surface area contributed by atoms with E-state index in [1.54, 1.807) is 0 Å². The Morgan fingerprint density at radius 2 is 2.06 bits per heavy atom. The van der Waals surface area contributed by atoms with Crippen LogP contribution in [0.25, 0.3) is 0 Å². The Balaban J connectivity index is 2.78. The predicted octanol–water partition coefficient (Wildman–Crippen LogP) is 0.502. The monoisotopic (exact) mass is 316 g/mol. The maximum atomic E-state index is 11.7. The fourth-order valence-corrected chi connectivity index (χ4v) is 1.52. The molecule has 0 aliphatic carbocycles. The van der Waals surface area contributed by atoms with Crippen molar-refractivity contribution in [2.45, 2.75) is 12.5 Å². The lowest BCUT2D eigenvalue weighted by molar-refractivity contribution is -0.145. The van der Waals surface area contributed by atoms with E-state index in [1.807, 2.05) is 0 Å². The highest BCUT2D eigenvalue weighted by atomic mass is 79.9. The Kier molecular flexibility index (Phi) is 4.78. The fraction of sp³-hybridized carbons (Fsp3) is 0.200. The lowest BCUT2D eigenvalue weighted by atomic mass is 10.2. The molecule has 1 atom stereocenters. The number of aromatic nitrogens is 1. The maximum Gasteiger partial charge on any atom is 0.326 e. The summed E-state index contributed by atoms with van der Waals surface area (Å²) in [6.07, 6.45) is 0.680. The second kappa shape index (κ2) is 6.10. The van der Waals surface area contributed by atoms with Gasteiger partial charge in [0.1, 0.15) is 10.6 Å². The van der Waals surface area contributed by atoms with E-state index in [-0.39, 0.29) is 5.56 Å². The van der Waals surface area contributed by atoms with Crippen LogP contribution in [0.1, 0.15) is 16.8 Å². The van der Waals surface area contributed by atoms with Crippen LogP contribution in [-0.2, 0) is 9.59 Å². The number of halogens is 1. The number of amides is 1. The second-order valence-electron chi connectivity index (χ2n) is 3.33. The van der Waals surface area contributed by atoms with Gasteiger partial charge in [0.05, 0.1) is 6.42 Å². The van der Waals surface area contributed by atoms with E-state index in [4.69, 9.17) is 10.2 Å². The van der Waals surface area contributed by atoms with E-state index < -0.39 is 30.3 Å². The van der Waals surface area contributed by atoms with Gasteiger partial charge in [-0.05, 0) is 28.1 Å². The first kappa shape index (κ1) is 14.1. The van der Waals surface area contributed by atoms with Crippen LogP contribution in [0, 0.1) is 0 Å². The number of carbonyl (C=O) groups is 3. The SMILES string of the molecule is O=C(O)C[C@H](NC(=O)c1ccnc(Br)c1)C(=O)O. The predicted molar refractivity (Wildman–Crippen MR) is 63.1 cm³/mol. The number of nitrogens with zero attached hydrogens (tertiary/aromatic N) is 1. The van der Waals surface area contributed by atoms with Crippen LogP contribution in [0.2, 0.25) is 0 Å². The van der Waals surface area contributed by atoms with Crippen molar-refractivity contribution in [3.63, 3.8) is 0 Å². The van der Waals surface area contributed by atoms with Gasteiger partial charge in [-0.3, -0.25) is 9.59 Å². The van der Waals surface area contributed by atoms with Crippen molar-refractivity contribution in [1.82, 2.24) is 10.3 Å². The number of carboxylic acids is 2. The molecule has 0 radical (unpaired) electrons. The minimum atomic E-state index is -1.47. The van der Waals surface area contributed by atoms with Crippen LogP contribution in [0.4, 0.5) is 0 Å². The molecular weight excluding hydrogens is 308 g/mol. The Morgan fingerprint density at radius 1 is 1.39 bits per heavy atom. The summed E-state index contributed by atoms with van der Waals surface area (Å²) in [7, 11) is 0. The average molecular weight is 317 g/mol. The number of rotatable bonds is 5. The largest absolute Gasteiger partial charge is 0.481 e. The highest BCUT2D eigenvalue weighted by molar-refractivity contribution is 9.10. The molecule has 0 saturated carbocycles. The zero-order valence-electron chi connectivity index (χ0n) is 8.96. The molecule has 0 saturated heterocycles. The molecular formula is C10H9BrN2O5. The van der Waals surface area contributed by atoms with Crippen LogP contribution in [-0.4, -0.2) is 39.1 Å². The van der Waals surface area contributed by atoms with Crippen molar-refractivity contribution in [2.24, 2.45) is 0 Å². The van der Waals surface area contributed by atoms with E-state index in [9.17, 15) is 14.4 Å². The maximum absolute atomic E-state index is 11.7. The summed E-state index contributed by atoms with van der Waals surface area (Å²) in [5.74, 6) is -3.38. The molecule has 1 heterocycles. The molecule has 8 heteroatoms. The number of carboxylic acid groups (broad SMARTS) is 2. The highest BCUT2D eigenvalue weighted by Crippen LogP contribution is 2.08. The molecule has 1 amide bonds. The fourth-order valence-electron chi connectivity index (χ4n) is 1.16. The first-order valence-electron chi connectivity index (χ1n) is 4.77. The highest BCUT2D eigenvalue weighted by Gasteiger charge is 2.23. The second-order valence-corrected chi connectivity index (χ2v) is 4.14. The summed E-state index contributed by atoms with van der Waals surface area (Å²) in [5, 5.41) is 19.4. The molecule has 18 heavy (non-hydrogen) atoms. The molecule has 0 aromatic carbocycles. The summed E-state index contributed by atoms with van der Waals surface area (Å²) >= 11 is 3.06. The standard InChI is InChI=1S/C10H9BrN2O5/c11-7-3-5(1-2-12-7)9(16)13-6(10(17)18)4-8(14)15/h1-3,6H,4H2,(H,13,16)(H,14,15)(H,17,18)/t6-/m0/s1. The first-order valence-corrected chi connectivity index (χ1v) is 5.56. The smallest absolute Gasteiger partial charge is 0.326 e. The van der Waals surface area contributed by atoms with Crippen LogP contribution in [0.15, 0.2) is 22.9 Å². The molecule has 1 rings (SSSR count). The summed E-state index contributed by atoms with van der Waals surface area (Å²) in [6, 6.07) is 1.32. The molecule has 0 spiro atoms. The zero-order chi connectivity index (χ0) is 13.7. The first-order chi connectivity index (χ1) is 8.40. The minimum Gasteiger partial charge on any atom is -0.481 e. The van der Waals surface area contributed by atoms with E-state index in [1.165, 1.54) is 18.3 Å². The number of carbonyl (C=O) groups excluding carboxylic acids is 1. The van der Waals surface area contributed by atoms with E-state index in [2.05, 4.69) is 26.2 Å². The van der Waals surface area contributed by atoms with Crippen LogP contribution in [0.5, 0.6) is 0 Å². The van der Waals surface area contributed by atoms with Gasteiger partial charge in [0.15, 0.2) is 0 Å². The van der Waals surface area contributed by atoms with E-state index in [0.29, 0.717) is 4.60 Å². The van der Waals surface area contributed by atoms with Gasteiger partial charge in [0.25, 0.3) is 5.91 Å². The molecule has 0 fully saturated rings. The molecule has 7 nitrogen and oxygen atoms in total. The minimum absolute atomic E-state index is 0.188. The Bertz CT molecular complexity index is 491. The molecule has 0 bridgehead atoms. The number of hydrogen-bond donors (Lipinski definition) is 3. The van der Waals surface area contributed by atoms with Crippen LogP contribution >= 0.6 is 15.9 Å². The summed E-state index contributed by atoms with van der Waals surface area (Å²) in [5.41, 5.74) is 0.188. The molecule has 0 unspecified atom stereocenters. The summed E-state index contributed by atoms with van der Waals surface area (Å²) < 4.78 is 0.417. The van der Waals surface area contributed by atoms with Gasteiger partial charge in [0, 0.05) is 11.8 Å². The molecule has 1 aromatic heterocycles. The van der Waals surface area contributed by atoms with Crippen LogP contribution < -0.4 is 5.32 Å². The molecule has 3 N–H and O–H groups in total. The zero-order valence-corrected chi connectivity index (χ0v) is 10.5. The van der Waals surface area contributed by atoms with Crippen molar-refractivity contribution in [3.05, 3.63) is 28.5 Å². The van der Waals surface area contributed by atoms with Gasteiger partial charge in [-0.25, -0.2) is 9.78 Å². The van der Waals surface area contributed by atoms with Crippen molar-refractivity contribution < 1.29 is 24.6 Å². The topological polar surface area (TPSA) is 117 Å². The van der Waals surface area contributed by atoms with Crippen molar-refractivity contribution in [2.75, 3.05) is 0 Å². The average Bonchev–Trinajstić information content (AvgIpc) is 2.27.